The van der Waals surface area contributed by atoms with Gasteiger partial charge in [0.2, 0.25) is 0 Å². The summed E-state index contributed by atoms with van der Waals surface area (Å²) in [6, 6.07) is 15.2. The van der Waals surface area contributed by atoms with Crippen molar-refractivity contribution in [2.45, 2.75) is 32.8 Å². The van der Waals surface area contributed by atoms with Crippen molar-refractivity contribution in [2.24, 2.45) is 0 Å². The van der Waals surface area contributed by atoms with E-state index in [4.69, 9.17) is 0 Å². The van der Waals surface area contributed by atoms with Crippen molar-refractivity contribution in [3.05, 3.63) is 70.9 Å². The predicted molar refractivity (Wildman–Crippen MR) is 93.0 cm³/mol. The fourth-order valence-corrected chi connectivity index (χ4v) is 3.06. The quantitative estimate of drug-likeness (QED) is 0.710. The summed E-state index contributed by atoms with van der Waals surface area (Å²) in [5.41, 5.74) is 4.18. The van der Waals surface area contributed by atoms with Crippen LogP contribution in [0.15, 0.2) is 48.5 Å². The molecule has 0 aliphatic carbocycles. The van der Waals surface area contributed by atoms with Crippen LogP contribution in [-0.4, -0.2) is 22.0 Å². The molecule has 0 aliphatic rings. The normalized spacial score (nSPS) is 13.9. The van der Waals surface area contributed by atoms with Gasteiger partial charge >= 0.3 is 0 Å². The van der Waals surface area contributed by atoms with Gasteiger partial charge in [-0.2, -0.15) is 0 Å². The lowest BCUT2D eigenvalue weighted by Gasteiger charge is -2.17. The Hall–Kier alpha value is -2.39. The van der Waals surface area contributed by atoms with Gasteiger partial charge in [-0.25, -0.2) is 0 Å². The minimum Gasteiger partial charge on any atom is -0.393 e. The third-order valence-electron chi connectivity index (χ3n) is 4.52. The average molecular weight is 307 g/mol. The average Bonchev–Trinajstić information content (AvgIpc) is 2.90. The Morgan fingerprint density at radius 3 is 2.39 bits per heavy atom. The molecule has 2 unspecified atom stereocenters. The van der Waals surface area contributed by atoms with Crippen molar-refractivity contribution in [1.82, 2.24) is 4.98 Å². The molecule has 2 atom stereocenters. The standard InChI is InChI=1S/C20H21NO2/c1-12(14(3)22)16-10-7-11-17-19(16)18(13(2)21-17)20(23)15-8-5-4-6-9-15/h4-12,14,21-22H,1-3H3. The second kappa shape index (κ2) is 6.01. The number of benzene rings is 2. The number of carbonyl (C=O) groups excluding carboxylic acids is 1. The zero-order valence-corrected chi connectivity index (χ0v) is 13.6. The highest BCUT2D eigenvalue weighted by Gasteiger charge is 2.23. The van der Waals surface area contributed by atoms with E-state index in [1.807, 2.05) is 62.4 Å². The van der Waals surface area contributed by atoms with Gasteiger partial charge in [0, 0.05) is 28.1 Å². The molecule has 0 fully saturated rings. The van der Waals surface area contributed by atoms with Crippen molar-refractivity contribution in [3.63, 3.8) is 0 Å². The van der Waals surface area contributed by atoms with Gasteiger partial charge in [0.25, 0.3) is 0 Å². The summed E-state index contributed by atoms with van der Waals surface area (Å²) in [7, 11) is 0. The van der Waals surface area contributed by atoms with E-state index in [9.17, 15) is 9.90 Å². The lowest BCUT2D eigenvalue weighted by molar-refractivity contribution is 0.103. The molecule has 0 amide bonds. The van der Waals surface area contributed by atoms with E-state index in [0.29, 0.717) is 11.1 Å². The van der Waals surface area contributed by atoms with Crippen LogP contribution in [0.3, 0.4) is 0 Å². The molecule has 3 heteroatoms. The largest absolute Gasteiger partial charge is 0.393 e. The molecule has 0 bridgehead atoms. The zero-order valence-electron chi connectivity index (χ0n) is 13.6. The van der Waals surface area contributed by atoms with Gasteiger partial charge in [0.1, 0.15) is 0 Å². The second-order valence-electron chi connectivity index (χ2n) is 6.12. The number of rotatable bonds is 4. The maximum atomic E-state index is 13.0. The molecule has 1 aromatic heterocycles. The number of nitrogens with one attached hydrogen (secondary N) is 1. The fraction of sp³-hybridized carbons (Fsp3) is 0.250. The Kier molecular flexibility index (Phi) is 4.05. The minimum absolute atomic E-state index is 0.0135. The first-order valence-corrected chi connectivity index (χ1v) is 7.89. The van der Waals surface area contributed by atoms with E-state index >= 15 is 0 Å². The molecule has 2 N–H and O–H groups in total. The molecule has 0 aliphatic heterocycles. The van der Waals surface area contributed by atoms with Gasteiger partial charge in [-0.1, -0.05) is 49.4 Å². The first-order valence-electron chi connectivity index (χ1n) is 7.89. The fourth-order valence-electron chi connectivity index (χ4n) is 3.06. The topological polar surface area (TPSA) is 53.1 Å². The molecular formula is C20H21NO2. The molecule has 2 aromatic carbocycles. The van der Waals surface area contributed by atoms with E-state index in [1.54, 1.807) is 6.92 Å². The van der Waals surface area contributed by atoms with Gasteiger partial charge < -0.3 is 10.1 Å². The van der Waals surface area contributed by atoms with Crippen LogP contribution < -0.4 is 0 Å². The lowest BCUT2D eigenvalue weighted by atomic mass is 9.89. The Balaban J connectivity index is 2.25. The summed E-state index contributed by atoms with van der Waals surface area (Å²) in [4.78, 5) is 16.3. The zero-order chi connectivity index (χ0) is 16.6. The van der Waals surface area contributed by atoms with E-state index in [1.165, 1.54) is 0 Å². The summed E-state index contributed by atoms with van der Waals surface area (Å²) in [5.74, 6) is -0.0317. The van der Waals surface area contributed by atoms with Crippen LogP contribution in [0, 0.1) is 6.92 Å². The number of aliphatic hydroxyl groups excluding tert-OH is 1. The Morgan fingerprint density at radius 2 is 1.74 bits per heavy atom. The van der Waals surface area contributed by atoms with Gasteiger partial charge in [-0.05, 0) is 25.5 Å². The van der Waals surface area contributed by atoms with Crippen LogP contribution >= 0.6 is 0 Å². The third kappa shape index (κ3) is 2.68. The molecule has 0 radical (unpaired) electrons. The summed E-state index contributed by atoms with van der Waals surface area (Å²) < 4.78 is 0. The third-order valence-corrected chi connectivity index (χ3v) is 4.52. The number of H-pyrrole nitrogens is 1. The lowest BCUT2D eigenvalue weighted by Crippen LogP contribution is -2.12. The minimum atomic E-state index is -0.476. The van der Waals surface area contributed by atoms with Gasteiger partial charge in [-0.3, -0.25) is 4.79 Å². The maximum absolute atomic E-state index is 13.0. The molecule has 3 aromatic rings. The van der Waals surface area contributed by atoms with Crippen LogP contribution in [0.5, 0.6) is 0 Å². The number of aromatic nitrogens is 1. The Morgan fingerprint density at radius 1 is 1.04 bits per heavy atom. The number of aryl methyl sites for hydroxylation is 1. The number of aliphatic hydroxyl groups is 1. The molecule has 3 nitrogen and oxygen atoms in total. The van der Waals surface area contributed by atoms with E-state index in [-0.39, 0.29) is 11.7 Å². The summed E-state index contributed by atoms with van der Waals surface area (Å²) in [6.07, 6.45) is -0.476. The number of fused-ring (bicyclic) bond motifs is 1. The number of aromatic amines is 1. The van der Waals surface area contributed by atoms with Crippen LogP contribution in [0.1, 0.15) is 46.9 Å². The number of hydrogen-bond acceptors (Lipinski definition) is 2. The number of hydrogen-bond donors (Lipinski definition) is 2. The molecule has 1 heterocycles. The predicted octanol–water partition coefficient (Wildman–Crippen LogP) is 4.19. The molecule has 0 saturated carbocycles. The highest BCUT2D eigenvalue weighted by atomic mass is 16.3. The van der Waals surface area contributed by atoms with Gasteiger partial charge in [-0.15, -0.1) is 0 Å². The van der Waals surface area contributed by atoms with Crippen LogP contribution in [0.25, 0.3) is 10.9 Å². The maximum Gasteiger partial charge on any atom is 0.195 e. The number of carbonyl (C=O) groups is 1. The van der Waals surface area contributed by atoms with Crippen molar-refractivity contribution in [2.75, 3.05) is 0 Å². The van der Waals surface area contributed by atoms with E-state index in [0.717, 1.165) is 22.2 Å². The molecule has 23 heavy (non-hydrogen) atoms. The van der Waals surface area contributed by atoms with Crippen LogP contribution in [0.2, 0.25) is 0 Å². The summed E-state index contributed by atoms with van der Waals surface area (Å²) in [5, 5.41) is 10.9. The number of ketones is 1. The van der Waals surface area contributed by atoms with Crippen molar-refractivity contribution in [1.29, 1.82) is 0 Å². The second-order valence-corrected chi connectivity index (χ2v) is 6.12. The first-order chi connectivity index (χ1) is 11.0. The van der Waals surface area contributed by atoms with E-state index < -0.39 is 6.10 Å². The SMILES string of the molecule is Cc1[nH]c2cccc(C(C)C(C)O)c2c1C(=O)c1ccccc1. The van der Waals surface area contributed by atoms with Crippen molar-refractivity contribution in [3.8, 4) is 0 Å². The Bertz CT molecular complexity index is 847. The molecule has 118 valence electrons. The molecule has 0 saturated heterocycles. The van der Waals surface area contributed by atoms with E-state index in [2.05, 4.69) is 4.98 Å². The van der Waals surface area contributed by atoms with Crippen molar-refractivity contribution < 1.29 is 9.90 Å². The molecule has 0 spiro atoms. The molecule has 3 rings (SSSR count). The van der Waals surface area contributed by atoms with Gasteiger partial charge in [0.05, 0.1) is 11.7 Å². The highest BCUT2D eigenvalue weighted by molar-refractivity contribution is 6.18. The van der Waals surface area contributed by atoms with Gasteiger partial charge in [0.15, 0.2) is 5.78 Å². The summed E-state index contributed by atoms with van der Waals surface area (Å²) >= 11 is 0. The van der Waals surface area contributed by atoms with Crippen LogP contribution in [0.4, 0.5) is 0 Å². The first kappa shape index (κ1) is 15.5. The summed E-state index contributed by atoms with van der Waals surface area (Å²) in [6.45, 7) is 5.69. The molecular weight excluding hydrogens is 286 g/mol. The Labute approximate surface area is 136 Å². The monoisotopic (exact) mass is 307 g/mol. The smallest absolute Gasteiger partial charge is 0.195 e. The van der Waals surface area contributed by atoms with Crippen LogP contribution in [-0.2, 0) is 0 Å². The highest BCUT2D eigenvalue weighted by Crippen LogP contribution is 2.33. The van der Waals surface area contributed by atoms with Crippen molar-refractivity contribution >= 4 is 16.7 Å².